The predicted molar refractivity (Wildman–Crippen MR) is 128 cm³/mol. The zero-order chi connectivity index (χ0) is 21.4. The summed E-state index contributed by atoms with van der Waals surface area (Å²) in [5.41, 5.74) is 1.000. The van der Waals surface area contributed by atoms with E-state index >= 15 is 0 Å². The molecule has 4 aromatic carbocycles. The summed E-state index contributed by atoms with van der Waals surface area (Å²) in [5, 5.41) is 0. The zero-order valence-corrected chi connectivity index (χ0v) is 19.3. The first-order valence-electron chi connectivity index (χ1n) is 9.80. The van der Waals surface area contributed by atoms with Crippen LogP contribution in [0, 0.1) is 0 Å². The summed E-state index contributed by atoms with van der Waals surface area (Å²) in [6, 6.07) is 38.4. The Labute approximate surface area is 189 Å². The average molecular weight is 491 g/mol. The third kappa shape index (κ3) is 6.23. The predicted octanol–water partition coefficient (Wildman–Crippen LogP) is 6.37. The van der Waals surface area contributed by atoms with Gasteiger partial charge in [-0.1, -0.05) is 0 Å². The molecule has 154 valence electrons. The summed E-state index contributed by atoms with van der Waals surface area (Å²) in [6.07, 6.45) is 0. The molecule has 31 heavy (non-hydrogen) atoms. The molecule has 0 aliphatic heterocycles. The molecule has 0 saturated carbocycles. The van der Waals surface area contributed by atoms with Crippen LogP contribution < -0.4 is 13.5 Å². The van der Waals surface area contributed by atoms with Crippen molar-refractivity contribution in [3.63, 3.8) is 0 Å². The third-order valence-electron chi connectivity index (χ3n) is 4.26. The molecule has 0 aliphatic rings. The minimum absolute atomic E-state index is 0.0850. The molecule has 3 nitrogen and oxygen atoms in total. The molecule has 0 heterocycles. The van der Waals surface area contributed by atoms with Gasteiger partial charge in [-0.25, -0.2) is 0 Å². The van der Waals surface area contributed by atoms with E-state index in [9.17, 15) is 4.57 Å². The number of benzene rings is 4. The van der Waals surface area contributed by atoms with Gasteiger partial charge in [-0.15, -0.1) is 0 Å². The topological polar surface area (TPSA) is 35.5 Å². The van der Waals surface area contributed by atoms with E-state index in [1.165, 1.54) is 4.46 Å². The number of rotatable bonds is 8. The first-order valence-corrected chi connectivity index (χ1v) is 13.1. The first kappa shape index (κ1) is 21.2. The molecule has 0 radical (unpaired) electrons. The third-order valence-corrected chi connectivity index (χ3v) is 8.42. The van der Waals surface area contributed by atoms with Gasteiger partial charge in [0, 0.05) is 0 Å². The van der Waals surface area contributed by atoms with E-state index in [4.69, 9.17) is 9.05 Å². The molecule has 5 heteroatoms. The summed E-state index contributed by atoms with van der Waals surface area (Å²) in [7, 11) is -3.67. The van der Waals surface area contributed by atoms with Crippen molar-refractivity contribution in [1.29, 1.82) is 0 Å². The quantitative estimate of drug-likeness (QED) is 0.212. The molecule has 0 aromatic heterocycles. The summed E-state index contributed by atoms with van der Waals surface area (Å²) in [5.74, 6) is 2.67. The molecule has 0 atom stereocenters. The van der Waals surface area contributed by atoms with Gasteiger partial charge in [0.15, 0.2) is 0 Å². The minimum atomic E-state index is -3.67. The van der Waals surface area contributed by atoms with Gasteiger partial charge < -0.3 is 0 Å². The van der Waals surface area contributed by atoms with Gasteiger partial charge in [0.1, 0.15) is 0 Å². The summed E-state index contributed by atoms with van der Waals surface area (Å²) >= 11 is -0.0850. The Bertz CT molecular complexity index is 1120. The molecule has 4 aromatic rings. The van der Waals surface area contributed by atoms with Crippen molar-refractivity contribution in [2.24, 2.45) is 0 Å². The van der Waals surface area contributed by atoms with Crippen LogP contribution in [0.5, 0.6) is 11.5 Å². The van der Waals surface area contributed by atoms with Crippen LogP contribution >= 0.6 is 7.60 Å². The maximum absolute atomic E-state index is 14.0. The monoisotopic (exact) mass is 492 g/mol. The van der Waals surface area contributed by atoms with E-state index in [1.54, 1.807) is 30.1 Å². The standard InChI is InChI=1S/C26H21O3PSe/c27-30(28-23-15-7-2-8-16-23,29-24-17-9-3-10-18-24)21-26(22-13-5-1-6-14-22)31-25-19-11-4-12-20-25/h1-21H/b26-21-. The fourth-order valence-electron chi connectivity index (χ4n) is 2.85. The molecule has 4 rings (SSSR count). The normalized spacial score (nSPS) is 11.7. The summed E-state index contributed by atoms with van der Waals surface area (Å²) < 4.78 is 28.1. The van der Waals surface area contributed by atoms with Crippen molar-refractivity contribution < 1.29 is 13.6 Å². The van der Waals surface area contributed by atoms with Gasteiger partial charge >= 0.3 is 189 Å². The molecule has 0 bridgehead atoms. The first-order chi connectivity index (χ1) is 15.2. The van der Waals surface area contributed by atoms with Crippen LogP contribution in [-0.4, -0.2) is 15.0 Å². The van der Waals surface area contributed by atoms with E-state index in [-0.39, 0.29) is 15.0 Å². The van der Waals surface area contributed by atoms with Crippen molar-refractivity contribution in [1.82, 2.24) is 0 Å². The Morgan fingerprint density at radius 2 is 1.03 bits per heavy atom. The second-order valence-corrected chi connectivity index (χ2v) is 10.7. The summed E-state index contributed by atoms with van der Waals surface area (Å²) in [6.45, 7) is 0. The van der Waals surface area contributed by atoms with Gasteiger partial charge in [0.2, 0.25) is 0 Å². The Balaban J connectivity index is 1.76. The van der Waals surface area contributed by atoms with E-state index < -0.39 is 7.60 Å². The Hall–Kier alpha value is -3.03. The van der Waals surface area contributed by atoms with Gasteiger partial charge in [0.05, 0.1) is 0 Å². The van der Waals surface area contributed by atoms with Crippen LogP contribution in [0.15, 0.2) is 127 Å². The van der Waals surface area contributed by atoms with Crippen LogP contribution in [0.3, 0.4) is 0 Å². The number of hydrogen-bond donors (Lipinski definition) is 0. The molecule has 0 amide bonds. The molecule has 0 fully saturated rings. The molecular weight excluding hydrogens is 470 g/mol. The second kappa shape index (κ2) is 10.3. The van der Waals surface area contributed by atoms with Crippen molar-refractivity contribution >= 4 is 31.5 Å². The zero-order valence-electron chi connectivity index (χ0n) is 16.7. The fraction of sp³-hybridized carbons (Fsp3) is 0. The molecule has 0 N–H and O–H groups in total. The van der Waals surface area contributed by atoms with Crippen molar-refractivity contribution in [2.75, 3.05) is 0 Å². The van der Waals surface area contributed by atoms with E-state index in [1.807, 2.05) is 84.9 Å². The van der Waals surface area contributed by atoms with Gasteiger partial charge in [0.25, 0.3) is 0 Å². The van der Waals surface area contributed by atoms with E-state index in [2.05, 4.69) is 12.1 Å². The SMILES string of the molecule is O=P(/C=C(\[Se]c1ccccc1)c1ccccc1)(Oc1ccccc1)Oc1ccccc1. The van der Waals surface area contributed by atoms with Crippen LogP contribution in [0.2, 0.25) is 0 Å². The van der Waals surface area contributed by atoms with Crippen LogP contribution in [0.4, 0.5) is 0 Å². The van der Waals surface area contributed by atoms with E-state index in [0.29, 0.717) is 11.5 Å². The van der Waals surface area contributed by atoms with E-state index in [0.717, 1.165) is 10.0 Å². The molecule has 0 spiro atoms. The molecule has 0 unspecified atom stereocenters. The average Bonchev–Trinajstić information content (AvgIpc) is 2.81. The van der Waals surface area contributed by atoms with Gasteiger partial charge in [-0.3, -0.25) is 0 Å². The second-order valence-electron chi connectivity index (χ2n) is 6.62. The van der Waals surface area contributed by atoms with Crippen molar-refractivity contribution in [3.8, 4) is 11.5 Å². The fourth-order valence-corrected chi connectivity index (χ4v) is 7.14. The summed E-state index contributed by atoms with van der Waals surface area (Å²) in [4.78, 5) is 0. The van der Waals surface area contributed by atoms with Crippen molar-refractivity contribution in [3.05, 3.63) is 133 Å². The van der Waals surface area contributed by atoms with Gasteiger partial charge in [-0.05, 0) is 0 Å². The van der Waals surface area contributed by atoms with Gasteiger partial charge in [-0.2, -0.15) is 0 Å². The molecular formula is C26H21O3PSe. The van der Waals surface area contributed by atoms with Crippen molar-refractivity contribution in [2.45, 2.75) is 0 Å². The van der Waals surface area contributed by atoms with Crippen LogP contribution in [0.1, 0.15) is 5.56 Å². The Morgan fingerprint density at radius 1 is 0.613 bits per heavy atom. The van der Waals surface area contributed by atoms with Crippen LogP contribution in [-0.2, 0) is 4.57 Å². The Kier molecular flexibility index (Phi) is 7.07. The Morgan fingerprint density at radius 3 is 1.52 bits per heavy atom. The maximum atomic E-state index is 14.0. The number of hydrogen-bond acceptors (Lipinski definition) is 3. The molecule has 0 saturated heterocycles. The number of para-hydroxylation sites is 2. The molecule has 0 aliphatic carbocycles. The van der Waals surface area contributed by atoms with Crippen LogP contribution in [0.25, 0.3) is 4.47 Å².